The quantitative estimate of drug-likeness (QED) is 0.456. The van der Waals surface area contributed by atoms with E-state index in [0.717, 1.165) is 34.7 Å². The maximum atomic E-state index is 5.92. The molecule has 0 bridgehead atoms. The maximum Gasteiger partial charge on any atom is 0.129 e. The standard InChI is InChI=1S/C24H30N2O2/c1-17(2)25-14-8-9-15-27-18-12-13-20-19-10-6-7-11-21(19)23(22(20)16-18)26-28-24(3,4)5/h6-13,16-17,25H,14-15H2,1-5H3. The second-order valence-electron chi connectivity index (χ2n) is 8.24. The molecule has 1 aliphatic rings. The molecule has 4 heteroatoms. The van der Waals surface area contributed by atoms with E-state index in [2.05, 4.69) is 60.7 Å². The van der Waals surface area contributed by atoms with Crippen molar-refractivity contribution in [2.24, 2.45) is 5.16 Å². The molecule has 28 heavy (non-hydrogen) atoms. The van der Waals surface area contributed by atoms with Crippen molar-refractivity contribution in [3.63, 3.8) is 0 Å². The average Bonchev–Trinajstić information content (AvgIpc) is 2.95. The van der Waals surface area contributed by atoms with Crippen LogP contribution in [0.2, 0.25) is 0 Å². The molecule has 148 valence electrons. The van der Waals surface area contributed by atoms with Crippen LogP contribution in [0.15, 0.2) is 59.8 Å². The molecule has 0 aliphatic heterocycles. The summed E-state index contributed by atoms with van der Waals surface area (Å²) in [5.41, 5.74) is 5.01. The summed E-state index contributed by atoms with van der Waals surface area (Å²) in [5.74, 6) is 0.830. The van der Waals surface area contributed by atoms with Crippen LogP contribution in [0.25, 0.3) is 11.1 Å². The van der Waals surface area contributed by atoms with Crippen molar-refractivity contribution >= 4 is 5.71 Å². The Morgan fingerprint density at radius 1 is 0.964 bits per heavy atom. The third kappa shape index (κ3) is 5.02. The number of hydrogen-bond acceptors (Lipinski definition) is 4. The molecule has 2 aromatic rings. The van der Waals surface area contributed by atoms with Gasteiger partial charge in [-0.05, 0) is 50.1 Å². The third-order valence-electron chi connectivity index (χ3n) is 4.29. The summed E-state index contributed by atoms with van der Waals surface area (Å²) in [5, 5.41) is 7.84. The Hall–Kier alpha value is -2.59. The summed E-state index contributed by atoms with van der Waals surface area (Å²) in [6.45, 7) is 11.7. The van der Waals surface area contributed by atoms with Crippen LogP contribution in [0.4, 0.5) is 0 Å². The first kappa shape index (κ1) is 20.2. The highest BCUT2D eigenvalue weighted by atomic mass is 16.6. The number of benzene rings is 2. The van der Waals surface area contributed by atoms with E-state index < -0.39 is 0 Å². The predicted octanol–water partition coefficient (Wildman–Crippen LogP) is 5.17. The largest absolute Gasteiger partial charge is 0.490 e. The van der Waals surface area contributed by atoms with E-state index in [1.165, 1.54) is 5.56 Å². The van der Waals surface area contributed by atoms with Gasteiger partial charge in [0.05, 0.1) is 0 Å². The Labute approximate surface area is 168 Å². The average molecular weight is 379 g/mol. The molecule has 0 spiro atoms. The fourth-order valence-electron chi connectivity index (χ4n) is 2.99. The van der Waals surface area contributed by atoms with Gasteiger partial charge in [-0.25, -0.2) is 0 Å². The van der Waals surface area contributed by atoms with Crippen molar-refractivity contribution in [2.45, 2.75) is 46.3 Å². The van der Waals surface area contributed by atoms with E-state index in [1.807, 2.05) is 39.0 Å². The second kappa shape index (κ2) is 8.61. The summed E-state index contributed by atoms with van der Waals surface area (Å²) in [6, 6.07) is 15.0. The fourth-order valence-corrected chi connectivity index (χ4v) is 2.99. The van der Waals surface area contributed by atoms with E-state index in [9.17, 15) is 0 Å². The van der Waals surface area contributed by atoms with E-state index in [-0.39, 0.29) is 5.60 Å². The Bertz CT molecular complexity index is 876. The van der Waals surface area contributed by atoms with E-state index >= 15 is 0 Å². The first-order valence-electron chi connectivity index (χ1n) is 9.87. The van der Waals surface area contributed by atoms with E-state index in [0.29, 0.717) is 12.6 Å². The topological polar surface area (TPSA) is 42.8 Å². The van der Waals surface area contributed by atoms with Crippen LogP contribution in [0, 0.1) is 0 Å². The van der Waals surface area contributed by atoms with Crippen LogP contribution < -0.4 is 10.1 Å². The zero-order chi connectivity index (χ0) is 20.1. The highest BCUT2D eigenvalue weighted by Gasteiger charge is 2.26. The lowest BCUT2D eigenvalue weighted by Gasteiger charge is -2.16. The first-order valence-corrected chi connectivity index (χ1v) is 9.87. The van der Waals surface area contributed by atoms with E-state index in [1.54, 1.807) is 0 Å². The van der Waals surface area contributed by atoms with Crippen LogP contribution in [-0.2, 0) is 4.84 Å². The van der Waals surface area contributed by atoms with Gasteiger partial charge in [-0.2, -0.15) is 0 Å². The molecule has 2 aromatic carbocycles. The van der Waals surface area contributed by atoms with Gasteiger partial charge in [0.1, 0.15) is 23.7 Å². The molecule has 0 radical (unpaired) electrons. The van der Waals surface area contributed by atoms with Crippen LogP contribution >= 0.6 is 0 Å². The lowest BCUT2D eigenvalue weighted by molar-refractivity contribution is 0.00121. The molecule has 0 unspecified atom stereocenters. The van der Waals surface area contributed by atoms with Crippen LogP contribution in [0.5, 0.6) is 5.75 Å². The van der Waals surface area contributed by atoms with Crippen molar-refractivity contribution < 1.29 is 9.57 Å². The number of ether oxygens (including phenoxy) is 1. The molecule has 0 heterocycles. The highest BCUT2D eigenvalue weighted by Crippen LogP contribution is 2.39. The van der Waals surface area contributed by atoms with Crippen molar-refractivity contribution in [3.8, 4) is 16.9 Å². The Morgan fingerprint density at radius 3 is 2.39 bits per heavy atom. The van der Waals surface area contributed by atoms with Crippen molar-refractivity contribution in [2.75, 3.05) is 13.2 Å². The fraction of sp³-hybridized carbons (Fsp3) is 0.375. The first-order chi connectivity index (χ1) is 13.3. The second-order valence-corrected chi connectivity index (χ2v) is 8.24. The Balaban J connectivity index is 1.79. The number of nitrogens with zero attached hydrogens (tertiary/aromatic N) is 1. The monoisotopic (exact) mass is 378 g/mol. The lowest BCUT2D eigenvalue weighted by Crippen LogP contribution is -2.22. The SMILES string of the molecule is CC(C)NCC=CCOc1ccc2c(c1)C(=NOC(C)(C)C)c1ccccc1-2. The number of fused-ring (bicyclic) bond motifs is 3. The van der Waals surface area contributed by atoms with Crippen LogP contribution in [-0.4, -0.2) is 30.5 Å². The molecular weight excluding hydrogens is 348 g/mol. The van der Waals surface area contributed by atoms with Crippen molar-refractivity contribution in [3.05, 3.63) is 65.7 Å². The minimum absolute atomic E-state index is 0.340. The lowest BCUT2D eigenvalue weighted by atomic mass is 10.1. The highest BCUT2D eigenvalue weighted by molar-refractivity contribution is 6.24. The van der Waals surface area contributed by atoms with Gasteiger partial charge in [-0.3, -0.25) is 0 Å². The van der Waals surface area contributed by atoms with E-state index in [4.69, 9.17) is 9.57 Å². The molecule has 0 fully saturated rings. The normalized spacial score (nSPS) is 14.6. The van der Waals surface area contributed by atoms with Crippen LogP contribution in [0.3, 0.4) is 0 Å². The summed E-state index contributed by atoms with van der Waals surface area (Å²) >= 11 is 0. The molecular formula is C24H30N2O2. The molecule has 1 N–H and O–H groups in total. The van der Waals surface area contributed by atoms with Gasteiger partial charge in [0, 0.05) is 23.7 Å². The molecule has 0 aromatic heterocycles. The smallest absolute Gasteiger partial charge is 0.129 e. The molecule has 0 saturated heterocycles. The minimum Gasteiger partial charge on any atom is -0.490 e. The van der Waals surface area contributed by atoms with Crippen LogP contribution in [0.1, 0.15) is 45.7 Å². The summed E-state index contributed by atoms with van der Waals surface area (Å²) in [7, 11) is 0. The van der Waals surface area contributed by atoms with Gasteiger partial charge in [-0.15, -0.1) is 0 Å². The number of oxime groups is 1. The Kier molecular flexibility index (Phi) is 6.20. The zero-order valence-corrected chi connectivity index (χ0v) is 17.5. The summed E-state index contributed by atoms with van der Waals surface area (Å²) < 4.78 is 5.92. The van der Waals surface area contributed by atoms with Gasteiger partial charge >= 0.3 is 0 Å². The molecule has 3 rings (SSSR count). The summed E-state index contributed by atoms with van der Waals surface area (Å²) in [4.78, 5) is 5.74. The third-order valence-corrected chi connectivity index (χ3v) is 4.29. The zero-order valence-electron chi connectivity index (χ0n) is 17.5. The molecule has 4 nitrogen and oxygen atoms in total. The van der Waals surface area contributed by atoms with Gasteiger partial charge in [0.15, 0.2) is 0 Å². The van der Waals surface area contributed by atoms with Gasteiger partial charge in [0.2, 0.25) is 0 Å². The molecule has 0 amide bonds. The number of hydrogen-bond donors (Lipinski definition) is 1. The minimum atomic E-state index is -0.340. The van der Waals surface area contributed by atoms with Gasteiger partial charge in [-0.1, -0.05) is 55.4 Å². The molecule has 0 atom stereocenters. The predicted molar refractivity (Wildman–Crippen MR) is 116 cm³/mol. The Morgan fingerprint density at radius 2 is 1.68 bits per heavy atom. The molecule has 0 saturated carbocycles. The maximum absolute atomic E-state index is 5.92. The van der Waals surface area contributed by atoms with Gasteiger partial charge in [0.25, 0.3) is 0 Å². The number of rotatable bonds is 7. The van der Waals surface area contributed by atoms with Gasteiger partial charge < -0.3 is 14.9 Å². The molecule has 1 aliphatic carbocycles. The van der Waals surface area contributed by atoms with Crippen molar-refractivity contribution in [1.29, 1.82) is 0 Å². The van der Waals surface area contributed by atoms with Crippen molar-refractivity contribution in [1.82, 2.24) is 5.32 Å². The number of nitrogens with one attached hydrogen (secondary N) is 1. The summed E-state index contributed by atoms with van der Waals surface area (Å²) in [6.07, 6.45) is 4.13.